The van der Waals surface area contributed by atoms with Crippen molar-refractivity contribution in [2.75, 3.05) is 5.32 Å². The lowest BCUT2D eigenvalue weighted by Crippen LogP contribution is -2.13. The fraction of sp³-hybridized carbons (Fsp3) is 0.167. The van der Waals surface area contributed by atoms with Crippen LogP contribution in [0, 0.1) is 13.8 Å². The van der Waals surface area contributed by atoms with Crippen LogP contribution in [0.1, 0.15) is 21.3 Å². The molecule has 3 aromatic heterocycles. The van der Waals surface area contributed by atoms with Gasteiger partial charge in [-0.15, -0.1) is 16.4 Å². The first-order valence-corrected chi connectivity index (χ1v) is 6.81. The van der Waals surface area contributed by atoms with E-state index in [1.54, 1.807) is 30.5 Å². The SMILES string of the molecule is Cc1nc(NC(=O)c2cc(-c3csc(C)n3)c[nH]2)n[nH]1. The molecule has 0 aliphatic heterocycles. The third-order valence-electron chi connectivity index (χ3n) is 2.66. The van der Waals surface area contributed by atoms with Gasteiger partial charge in [-0.3, -0.25) is 15.2 Å². The number of carbonyl (C=O) groups excluding carboxylic acids is 1. The van der Waals surface area contributed by atoms with Gasteiger partial charge in [-0.2, -0.15) is 4.98 Å². The van der Waals surface area contributed by atoms with E-state index in [0.29, 0.717) is 11.5 Å². The molecule has 0 radical (unpaired) electrons. The maximum Gasteiger partial charge on any atom is 0.274 e. The lowest BCUT2D eigenvalue weighted by Gasteiger charge is -1.96. The van der Waals surface area contributed by atoms with E-state index in [9.17, 15) is 4.79 Å². The Balaban J connectivity index is 1.78. The van der Waals surface area contributed by atoms with Crippen LogP contribution in [0.15, 0.2) is 17.6 Å². The van der Waals surface area contributed by atoms with Crippen LogP contribution in [0.3, 0.4) is 0 Å². The number of aromatic nitrogens is 5. The predicted molar refractivity (Wildman–Crippen MR) is 75.7 cm³/mol. The number of nitrogens with zero attached hydrogens (tertiary/aromatic N) is 3. The minimum absolute atomic E-state index is 0.258. The molecule has 0 aliphatic carbocycles. The largest absolute Gasteiger partial charge is 0.357 e. The lowest BCUT2D eigenvalue weighted by molar-refractivity contribution is 0.102. The smallest absolute Gasteiger partial charge is 0.274 e. The van der Waals surface area contributed by atoms with Crippen molar-refractivity contribution in [1.29, 1.82) is 0 Å². The number of aryl methyl sites for hydroxylation is 2. The fourth-order valence-corrected chi connectivity index (χ4v) is 2.36. The Morgan fingerprint density at radius 2 is 2.20 bits per heavy atom. The number of hydrogen-bond donors (Lipinski definition) is 3. The number of amides is 1. The van der Waals surface area contributed by atoms with Crippen LogP contribution in [0.4, 0.5) is 5.95 Å². The van der Waals surface area contributed by atoms with E-state index in [0.717, 1.165) is 16.3 Å². The van der Waals surface area contributed by atoms with Gasteiger partial charge in [0.1, 0.15) is 11.5 Å². The monoisotopic (exact) mass is 288 g/mol. The van der Waals surface area contributed by atoms with Crippen LogP contribution in [0.25, 0.3) is 11.3 Å². The van der Waals surface area contributed by atoms with Gasteiger partial charge in [0.15, 0.2) is 0 Å². The molecule has 0 aliphatic rings. The molecule has 0 fully saturated rings. The summed E-state index contributed by atoms with van der Waals surface area (Å²) in [5.41, 5.74) is 2.18. The van der Waals surface area contributed by atoms with Gasteiger partial charge in [0.25, 0.3) is 5.91 Å². The summed E-state index contributed by atoms with van der Waals surface area (Å²) in [5.74, 6) is 0.612. The van der Waals surface area contributed by atoms with E-state index < -0.39 is 0 Å². The summed E-state index contributed by atoms with van der Waals surface area (Å²) < 4.78 is 0. The van der Waals surface area contributed by atoms with E-state index in [1.165, 1.54) is 0 Å². The third-order valence-corrected chi connectivity index (χ3v) is 3.44. The van der Waals surface area contributed by atoms with Gasteiger partial charge in [0.05, 0.1) is 10.7 Å². The van der Waals surface area contributed by atoms with Gasteiger partial charge in [-0.25, -0.2) is 4.98 Å². The van der Waals surface area contributed by atoms with E-state index in [2.05, 4.69) is 30.5 Å². The van der Waals surface area contributed by atoms with Crippen LogP contribution >= 0.6 is 11.3 Å². The molecule has 0 atom stereocenters. The standard InChI is InChI=1S/C12H12N6OS/c1-6-14-12(18-17-6)16-11(19)9-3-8(4-13-9)10-5-20-7(2)15-10/h3-5,13H,1-2H3,(H2,14,16,17,18,19). The molecular weight excluding hydrogens is 276 g/mol. The summed E-state index contributed by atoms with van der Waals surface area (Å²) in [7, 11) is 0. The Morgan fingerprint density at radius 3 is 2.85 bits per heavy atom. The molecule has 20 heavy (non-hydrogen) atoms. The highest BCUT2D eigenvalue weighted by molar-refractivity contribution is 7.09. The van der Waals surface area contributed by atoms with Gasteiger partial charge in [0, 0.05) is 17.1 Å². The number of aromatic amines is 2. The Labute approximate surface area is 118 Å². The van der Waals surface area contributed by atoms with Gasteiger partial charge < -0.3 is 4.98 Å². The summed E-state index contributed by atoms with van der Waals surface area (Å²) in [5, 5.41) is 12.1. The molecule has 0 unspecified atom stereocenters. The second-order valence-corrected chi connectivity index (χ2v) is 5.31. The van der Waals surface area contributed by atoms with Gasteiger partial charge >= 0.3 is 0 Å². The number of H-pyrrole nitrogens is 2. The van der Waals surface area contributed by atoms with E-state index in [-0.39, 0.29) is 11.9 Å². The van der Waals surface area contributed by atoms with Crippen molar-refractivity contribution in [2.24, 2.45) is 0 Å². The Hall–Kier alpha value is -2.48. The summed E-state index contributed by atoms with van der Waals surface area (Å²) in [6.07, 6.45) is 1.76. The van der Waals surface area contributed by atoms with Crippen LogP contribution in [-0.4, -0.2) is 31.1 Å². The van der Waals surface area contributed by atoms with Crippen LogP contribution in [0.2, 0.25) is 0 Å². The number of nitrogens with one attached hydrogen (secondary N) is 3. The highest BCUT2D eigenvalue weighted by atomic mass is 32.1. The van der Waals surface area contributed by atoms with Gasteiger partial charge in [-0.1, -0.05) is 0 Å². The molecule has 3 N–H and O–H groups in total. The highest BCUT2D eigenvalue weighted by Gasteiger charge is 2.13. The quantitative estimate of drug-likeness (QED) is 0.687. The van der Waals surface area contributed by atoms with Gasteiger partial charge in [0.2, 0.25) is 5.95 Å². The maximum atomic E-state index is 12.0. The van der Waals surface area contributed by atoms with Crippen molar-refractivity contribution in [1.82, 2.24) is 25.1 Å². The summed E-state index contributed by atoms with van der Waals surface area (Å²) in [6, 6.07) is 1.75. The van der Waals surface area contributed by atoms with Crippen LogP contribution in [0.5, 0.6) is 0 Å². The van der Waals surface area contributed by atoms with Crippen molar-refractivity contribution >= 4 is 23.2 Å². The zero-order valence-electron chi connectivity index (χ0n) is 10.9. The molecule has 0 saturated carbocycles. The highest BCUT2D eigenvalue weighted by Crippen LogP contribution is 2.22. The van der Waals surface area contributed by atoms with Crippen molar-refractivity contribution < 1.29 is 4.79 Å². The molecule has 3 heterocycles. The molecule has 0 bridgehead atoms. The first-order valence-electron chi connectivity index (χ1n) is 5.93. The number of anilines is 1. The lowest BCUT2D eigenvalue weighted by atomic mass is 10.2. The first kappa shape index (κ1) is 12.5. The van der Waals surface area contributed by atoms with Gasteiger partial charge in [-0.05, 0) is 19.9 Å². The third kappa shape index (κ3) is 2.45. The predicted octanol–water partition coefficient (Wildman–Crippen LogP) is 2.13. The van der Waals surface area contributed by atoms with Crippen molar-refractivity contribution in [2.45, 2.75) is 13.8 Å². The van der Waals surface area contributed by atoms with Crippen molar-refractivity contribution in [3.05, 3.63) is 34.2 Å². The molecule has 0 saturated heterocycles. The Bertz CT molecular complexity index is 755. The summed E-state index contributed by atoms with van der Waals surface area (Å²) >= 11 is 1.57. The zero-order valence-corrected chi connectivity index (χ0v) is 11.7. The molecule has 7 nitrogen and oxygen atoms in total. The molecule has 3 rings (SSSR count). The minimum atomic E-state index is -0.290. The van der Waals surface area contributed by atoms with E-state index in [4.69, 9.17) is 0 Å². The molecule has 1 amide bonds. The molecule has 8 heteroatoms. The van der Waals surface area contributed by atoms with E-state index >= 15 is 0 Å². The normalized spacial score (nSPS) is 10.7. The molecule has 0 spiro atoms. The molecule has 3 aromatic rings. The molecule has 102 valence electrons. The summed E-state index contributed by atoms with van der Waals surface area (Å²) in [4.78, 5) is 23.3. The van der Waals surface area contributed by atoms with Crippen molar-refractivity contribution in [3.8, 4) is 11.3 Å². The first-order chi connectivity index (χ1) is 9.61. The molecule has 0 aromatic carbocycles. The number of rotatable bonds is 3. The average molecular weight is 288 g/mol. The van der Waals surface area contributed by atoms with Crippen LogP contribution in [-0.2, 0) is 0 Å². The zero-order chi connectivity index (χ0) is 14.1. The fourth-order valence-electron chi connectivity index (χ4n) is 1.74. The number of thiazole rings is 1. The number of hydrogen-bond acceptors (Lipinski definition) is 5. The molecular formula is C12H12N6OS. The number of carbonyl (C=O) groups is 1. The van der Waals surface area contributed by atoms with E-state index in [1.807, 2.05) is 12.3 Å². The maximum absolute atomic E-state index is 12.0. The Kier molecular flexibility index (Phi) is 3.07. The average Bonchev–Trinajstić information content (AvgIpc) is 3.10. The topological polar surface area (TPSA) is 99.3 Å². The second kappa shape index (κ2) is 4.89. The Morgan fingerprint density at radius 1 is 1.35 bits per heavy atom. The second-order valence-electron chi connectivity index (χ2n) is 4.25. The summed E-state index contributed by atoms with van der Waals surface area (Å²) in [6.45, 7) is 3.71. The van der Waals surface area contributed by atoms with Crippen molar-refractivity contribution in [3.63, 3.8) is 0 Å². The minimum Gasteiger partial charge on any atom is -0.357 e. The van der Waals surface area contributed by atoms with Crippen LogP contribution < -0.4 is 5.32 Å².